The Bertz CT molecular complexity index is 1360. The summed E-state index contributed by atoms with van der Waals surface area (Å²) in [5, 5.41) is 24.3. The maximum Gasteiger partial charge on any atom is 0.143 e. The van der Waals surface area contributed by atoms with Crippen molar-refractivity contribution in [3.8, 4) is 23.4 Å². The molecule has 158 valence electrons. The van der Waals surface area contributed by atoms with Gasteiger partial charge in [-0.15, -0.1) is 0 Å². The van der Waals surface area contributed by atoms with E-state index in [1.807, 2.05) is 34.1 Å². The Balaban J connectivity index is 1.42. The number of hydrogen-bond acceptors (Lipinski definition) is 6. The van der Waals surface area contributed by atoms with Gasteiger partial charge in [0, 0.05) is 42.4 Å². The van der Waals surface area contributed by atoms with Crippen LogP contribution in [0, 0.1) is 34.4 Å². The number of halogens is 1. The lowest BCUT2D eigenvalue weighted by molar-refractivity contribution is 0.332. The minimum Gasteiger partial charge on any atom is -0.370 e. The zero-order chi connectivity index (χ0) is 22.1. The van der Waals surface area contributed by atoms with Gasteiger partial charge in [0.05, 0.1) is 36.1 Å². The summed E-state index contributed by atoms with van der Waals surface area (Å²) in [7, 11) is 0. The predicted octanol–water partition coefficient (Wildman–Crippen LogP) is 3.81. The zero-order valence-corrected chi connectivity index (χ0v) is 17.1. The first kappa shape index (κ1) is 19.7. The van der Waals surface area contributed by atoms with E-state index in [2.05, 4.69) is 26.1 Å². The molecule has 2 atom stereocenters. The monoisotopic (exact) mass is 426 g/mol. The second-order valence-electron chi connectivity index (χ2n) is 7.84. The van der Waals surface area contributed by atoms with E-state index in [1.165, 1.54) is 12.4 Å². The highest BCUT2D eigenvalue weighted by Gasteiger charge is 2.32. The molecule has 0 radical (unpaired) electrons. The second kappa shape index (κ2) is 8.12. The normalized spacial score (nSPS) is 16.7. The molecule has 0 spiro atoms. The molecule has 0 amide bonds. The van der Waals surface area contributed by atoms with Gasteiger partial charge in [0.1, 0.15) is 29.4 Å². The number of fused-ring (bicyclic) bond motifs is 1. The highest BCUT2D eigenvalue weighted by Crippen LogP contribution is 2.35. The van der Waals surface area contributed by atoms with Gasteiger partial charge in [-0.05, 0) is 24.6 Å². The summed E-state index contributed by atoms with van der Waals surface area (Å²) in [5.41, 5.74) is 3.05. The summed E-state index contributed by atoms with van der Waals surface area (Å²) in [5.74, 6) is -0.380. The number of nitrogens with one attached hydrogen (secondary N) is 1. The van der Waals surface area contributed by atoms with E-state index < -0.39 is 5.82 Å². The maximum absolute atomic E-state index is 14.1. The molecule has 0 bridgehead atoms. The molecule has 9 heteroatoms. The van der Waals surface area contributed by atoms with Crippen molar-refractivity contribution < 1.29 is 4.39 Å². The Morgan fingerprint density at radius 3 is 3.00 bits per heavy atom. The zero-order valence-electron chi connectivity index (χ0n) is 17.1. The Morgan fingerprint density at radius 2 is 2.16 bits per heavy atom. The molecular weight excluding hydrogens is 407 g/mol. The lowest BCUT2D eigenvalue weighted by Crippen LogP contribution is -2.25. The molecule has 0 saturated carbocycles. The van der Waals surface area contributed by atoms with Crippen LogP contribution >= 0.6 is 0 Å². The lowest BCUT2D eigenvalue weighted by Gasteiger charge is -2.24. The molecule has 1 aromatic carbocycles. The molecule has 8 nitrogen and oxygen atoms in total. The van der Waals surface area contributed by atoms with Crippen LogP contribution < -0.4 is 4.90 Å². The van der Waals surface area contributed by atoms with Crippen molar-refractivity contribution in [3.63, 3.8) is 0 Å². The number of H-pyrrole nitrogens is 1. The number of hydrogen-bond donors (Lipinski definition) is 1. The lowest BCUT2D eigenvalue weighted by atomic mass is 9.96. The van der Waals surface area contributed by atoms with Crippen LogP contribution in [0.3, 0.4) is 0 Å². The Kier molecular flexibility index (Phi) is 5.00. The van der Waals surface area contributed by atoms with E-state index in [0.29, 0.717) is 25.2 Å². The van der Waals surface area contributed by atoms with Gasteiger partial charge >= 0.3 is 0 Å². The van der Waals surface area contributed by atoms with Crippen molar-refractivity contribution in [1.29, 1.82) is 10.5 Å². The summed E-state index contributed by atoms with van der Waals surface area (Å²) < 4.78 is 15.9. The van der Waals surface area contributed by atoms with E-state index in [-0.39, 0.29) is 17.5 Å². The number of benzene rings is 1. The average molecular weight is 426 g/mol. The van der Waals surface area contributed by atoms with Gasteiger partial charge in [0.25, 0.3) is 0 Å². The fraction of sp³-hybridized carbons (Fsp3) is 0.261. The standard InChI is InChI=1S/C23H19FN8/c24-19-2-1-3-21(18(19)10-26)31-9-6-15(12-31)20(4-7-25)32-13-16(11-30-32)22-17-5-8-27-23(17)29-14-28-22/h1-3,5,8,11,13-15,20H,4,6,9,12H2,(H,27,28,29). The van der Waals surface area contributed by atoms with Crippen LogP contribution in [-0.4, -0.2) is 37.8 Å². The summed E-state index contributed by atoms with van der Waals surface area (Å²) in [6, 6.07) is 10.7. The Labute approximate surface area is 183 Å². The van der Waals surface area contributed by atoms with Crippen molar-refractivity contribution in [3.05, 3.63) is 60.6 Å². The van der Waals surface area contributed by atoms with Gasteiger partial charge in [-0.2, -0.15) is 15.6 Å². The smallest absolute Gasteiger partial charge is 0.143 e. The second-order valence-corrected chi connectivity index (χ2v) is 7.84. The van der Waals surface area contributed by atoms with E-state index in [1.54, 1.807) is 18.3 Å². The Hall–Kier alpha value is -4.24. The molecule has 4 aromatic rings. The van der Waals surface area contributed by atoms with Crippen LogP contribution in [0.4, 0.5) is 10.1 Å². The molecule has 5 rings (SSSR count). The predicted molar refractivity (Wildman–Crippen MR) is 116 cm³/mol. The first-order valence-electron chi connectivity index (χ1n) is 10.3. The number of aromatic nitrogens is 5. The minimum atomic E-state index is -0.514. The van der Waals surface area contributed by atoms with Gasteiger partial charge in [0.2, 0.25) is 0 Å². The molecule has 4 heterocycles. The first-order chi connectivity index (χ1) is 15.7. The molecule has 1 saturated heterocycles. The van der Waals surface area contributed by atoms with Crippen molar-refractivity contribution in [1.82, 2.24) is 24.7 Å². The van der Waals surface area contributed by atoms with Crippen LogP contribution in [0.2, 0.25) is 0 Å². The average Bonchev–Trinajstić information content (AvgIpc) is 3.57. The quantitative estimate of drug-likeness (QED) is 0.520. The molecule has 1 aliphatic heterocycles. The van der Waals surface area contributed by atoms with Crippen LogP contribution in [-0.2, 0) is 0 Å². The van der Waals surface area contributed by atoms with E-state index in [4.69, 9.17) is 0 Å². The molecule has 32 heavy (non-hydrogen) atoms. The number of rotatable bonds is 5. The number of nitriles is 2. The first-order valence-corrected chi connectivity index (χ1v) is 10.3. The highest BCUT2D eigenvalue weighted by molar-refractivity contribution is 5.89. The van der Waals surface area contributed by atoms with Crippen LogP contribution in [0.1, 0.15) is 24.4 Å². The fourth-order valence-electron chi connectivity index (χ4n) is 4.52. The van der Waals surface area contributed by atoms with E-state index >= 15 is 0 Å². The van der Waals surface area contributed by atoms with Crippen LogP contribution in [0.15, 0.2) is 49.2 Å². The summed E-state index contributed by atoms with van der Waals surface area (Å²) in [4.78, 5) is 13.8. The summed E-state index contributed by atoms with van der Waals surface area (Å²) in [6.45, 7) is 1.31. The molecular formula is C23H19FN8. The molecule has 1 fully saturated rings. The third-order valence-electron chi connectivity index (χ3n) is 6.08. The fourth-order valence-corrected chi connectivity index (χ4v) is 4.52. The third-order valence-corrected chi connectivity index (χ3v) is 6.08. The maximum atomic E-state index is 14.1. The van der Waals surface area contributed by atoms with Crippen LogP contribution in [0.5, 0.6) is 0 Å². The largest absolute Gasteiger partial charge is 0.370 e. The summed E-state index contributed by atoms with van der Waals surface area (Å²) >= 11 is 0. The highest BCUT2D eigenvalue weighted by atomic mass is 19.1. The number of anilines is 1. The number of aromatic amines is 1. The van der Waals surface area contributed by atoms with Gasteiger partial charge < -0.3 is 9.88 Å². The molecule has 1 aliphatic rings. The number of nitrogens with zero attached hydrogens (tertiary/aromatic N) is 7. The van der Waals surface area contributed by atoms with Crippen LogP contribution in [0.25, 0.3) is 22.3 Å². The molecule has 1 N–H and O–H groups in total. The van der Waals surface area contributed by atoms with Crippen molar-refractivity contribution in [2.24, 2.45) is 5.92 Å². The SMILES string of the molecule is N#CCC(C1CCN(c2cccc(F)c2C#N)C1)n1cc(-c2ncnc3[nH]ccc23)cn1. The van der Waals surface area contributed by atoms with Crippen molar-refractivity contribution >= 4 is 16.7 Å². The molecule has 0 aliphatic carbocycles. The molecule has 2 unspecified atom stereocenters. The van der Waals surface area contributed by atoms with Gasteiger partial charge in [-0.25, -0.2) is 14.4 Å². The minimum absolute atomic E-state index is 0.0608. The van der Waals surface area contributed by atoms with Gasteiger partial charge in [-0.3, -0.25) is 4.68 Å². The van der Waals surface area contributed by atoms with Crippen molar-refractivity contribution in [2.75, 3.05) is 18.0 Å². The summed E-state index contributed by atoms with van der Waals surface area (Å²) in [6.07, 6.45) is 8.13. The third kappa shape index (κ3) is 3.34. The topological polar surface area (TPSA) is 110 Å². The van der Waals surface area contributed by atoms with E-state index in [0.717, 1.165) is 28.7 Å². The Morgan fingerprint density at radius 1 is 1.25 bits per heavy atom. The van der Waals surface area contributed by atoms with Gasteiger partial charge in [0.15, 0.2) is 0 Å². The molecule has 3 aromatic heterocycles. The van der Waals surface area contributed by atoms with Crippen molar-refractivity contribution in [2.45, 2.75) is 18.9 Å². The van der Waals surface area contributed by atoms with Gasteiger partial charge in [-0.1, -0.05) is 6.07 Å². The van der Waals surface area contributed by atoms with E-state index in [9.17, 15) is 14.9 Å².